The highest BCUT2D eigenvalue weighted by Crippen LogP contribution is 2.53. The fourth-order valence-corrected chi connectivity index (χ4v) is 5.25. The smallest absolute Gasteiger partial charge is 0.0468 e. The van der Waals surface area contributed by atoms with Gasteiger partial charge in [-0.3, -0.25) is 0 Å². The van der Waals surface area contributed by atoms with E-state index in [9.17, 15) is 0 Å². The molecule has 0 aliphatic heterocycles. The highest BCUT2D eigenvalue weighted by molar-refractivity contribution is 6.10. The summed E-state index contributed by atoms with van der Waals surface area (Å²) in [6, 6.07) is 22.5. The second-order valence-corrected chi connectivity index (χ2v) is 8.25. The first-order valence-corrected chi connectivity index (χ1v) is 9.52. The van der Waals surface area contributed by atoms with Crippen molar-refractivity contribution < 1.29 is 0 Å². The van der Waals surface area contributed by atoms with Crippen LogP contribution in [0.25, 0.3) is 27.4 Å². The summed E-state index contributed by atoms with van der Waals surface area (Å²) in [4.78, 5) is 3.63. The van der Waals surface area contributed by atoms with Gasteiger partial charge in [-0.15, -0.1) is 0 Å². The number of rotatable bonds is 0. The zero-order chi connectivity index (χ0) is 17.5. The molecule has 2 aliphatic rings. The first kappa shape index (κ1) is 14.4. The van der Waals surface area contributed by atoms with Gasteiger partial charge in [-0.2, -0.15) is 0 Å². The van der Waals surface area contributed by atoms with E-state index in [0.717, 1.165) is 6.42 Å². The molecular weight excluding hydrogens is 314 g/mol. The molecule has 1 N–H and O–H groups in total. The van der Waals surface area contributed by atoms with Gasteiger partial charge in [-0.05, 0) is 58.9 Å². The first-order valence-electron chi connectivity index (χ1n) is 9.52. The van der Waals surface area contributed by atoms with Crippen LogP contribution in [0.3, 0.4) is 0 Å². The number of nitrogens with one attached hydrogen (secondary N) is 1. The van der Waals surface area contributed by atoms with Crippen molar-refractivity contribution in [3.05, 3.63) is 88.5 Å². The van der Waals surface area contributed by atoms with Crippen LogP contribution in [0, 0.1) is 0 Å². The number of H-pyrrole nitrogens is 1. The number of fused-ring (bicyclic) bond motifs is 7. The van der Waals surface area contributed by atoms with Crippen molar-refractivity contribution in [3.63, 3.8) is 0 Å². The molecule has 1 aromatic heterocycles. The van der Waals surface area contributed by atoms with Gasteiger partial charge in [-0.1, -0.05) is 61.9 Å². The lowest BCUT2D eigenvalue weighted by molar-refractivity contribution is 0.604. The number of benzene rings is 3. The molecule has 0 saturated carbocycles. The lowest BCUT2D eigenvalue weighted by Gasteiger charge is -2.27. The molecule has 0 fully saturated rings. The fraction of sp³-hybridized carbons (Fsp3) is 0.200. The maximum absolute atomic E-state index is 3.63. The molecule has 3 aromatic carbocycles. The summed E-state index contributed by atoms with van der Waals surface area (Å²) in [6.07, 6.45) is 2.33. The predicted octanol–water partition coefficient (Wildman–Crippen LogP) is 6.36. The second kappa shape index (κ2) is 4.67. The largest absolute Gasteiger partial charge is 0.355 e. The van der Waals surface area contributed by atoms with Crippen molar-refractivity contribution in [2.45, 2.75) is 32.1 Å². The van der Waals surface area contributed by atoms with Gasteiger partial charge in [-0.25, -0.2) is 0 Å². The van der Waals surface area contributed by atoms with Gasteiger partial charge in [0, 0.05) is 27.2 Å². The summed E-state index contributed by atoms with van der Waals surface area (Å²) in [5.41, 5.74) is 11.5. The molecule has 126 valence electrons. The Morgan fingerprint density at radius 1 is 0.769 bits per heavy atom. The van der Waals surface area contributed by atoms with E-state index in [1.807, 2.05) is 0 Å². The number of allylic oxidation sites excluding steroid dienone is 1. The van der Waals surface area contributed by atoms with Crippen molar-refractivity contribution >= 4 is 27.4 Å². The Morgan fingerprint density at radius 2 is 1.58 bits per heavy atom. The van der Waals surface area contributed by atoms with Crippen LogP contribution in [0.15, 0.2) is 66.2 Å². The van der Waals surface area contributed by atoms with E-state index in [2.05, 4.69) is 79.5 Å². The molecule has 1 nitrogen and oxygen atoms in total. The Labute approximate surface area is 153 Å². The monoisotopic (exact) mass is 335 g/mol. The van der Waals surface area contributed by atoms with E-state index in [1.54, 1.807) is 5.57 Å². The lowest BCUT2D eigenvalue weighted by atomic mass is 9.76. The first-order chi connectivity index (χ1) is 12.6. The van der Waals surface area contributed by atoms with Crippen LogP contribution < -0.4 is 0 Å². The summed E-state index contributed by atoms with van der Waals surface area (Å²) in [6.45, 7) is 4.80. The maximum Gasteiger partial charge on any atom is 0.0468 e. The Hall–Kier alpha value is -2.80. The van der Waals surface area contributed by atoms with Gasteiger partial charge in [0.25, 0.3) is 0 Å². The highest BCUT2D eigenvalue weighted by Gasteiger charge is 2.40. The third-order valence-corrected chi connectivity index (χ3v) is 6.57. The third-order valence-electron chi connectivity index (χ3n) is 6.57. The van der Waals surface area contributed by atoms with Gasteiger partial charge in [0.15, 0.2) is 0 Å². The Morgan fingerprint density at radius 3 is 2.50 bits per heavy atom. The minimum Gasteiger partial charge on any atom is -0.355 e. The molecule has 0 unspecified atom stereocenters. The van der Waals surface area contributed by atoms with Crippen molar-refractivity contribution in [2.24, 2.45) is 0 Å². The van der Waals surface area contributed by atoms with E-state index in [4.69, 9.17) is 0 Å². The van der Waals surface area contributed by atoms with E-state index < -0.39 is 0 Å². The van der Waals surface area contributed by atoms with Crippen LogP contribution in [0.1, 0.15) is 42.5 Å². The van der Waals surface area contributed by atoms with Crippen LogP contribution >= 0.6 is 0 Å². The summed E-state index contributed by atoms with van der Waals surface area (Å²) in [5.74, 6) is 0. The molecule has 0 saturated heterocycles. The molecule has 0 amide bonds. The van der Waals surface area contributed by atoms with Crippen molar-refractivity contribution in [1.29, 1.82) is 0 Å². The fourth-order valence-electron chi connectivity index (χ4n) is 5.25. The summed E-state index contributed by atoms with van der Waals surface area (Å²) in [5, 5.41) is 2.66. The van der Waals surface area contributed by atoms with Gasteiger partial charge < -0.3 is 4.98 Å². The van der Waals surface area contributed by atoms with Crippen LogP contribution in [0.2, 0.25) is 0 Å². The highest BCUT2D eigenvalue weighted by atomic mass is 14.7. The van der Waals surface area contributed by atoms with E-state index in [-0.39, 0.29) is 5.41 Å². The third kappa shape index (κ3) is 1.66. The van der Waals surface area contributed by atoms with E-state index >= 15 is 0 Å². The van der Waals surface area contributed by atoms with Gasteiger partial charge >= 0.3 is 0 Å². The molecule has 0 radical (unpaired) electrons. The average molecular weight is 335 g/mol. The van der Waals surface area contributed by atoms with Crippen LogP contribution in [0.5, 0.6) is 0 Å². The molecule has 0 atom stereocenters. The number of aryl methyl sites for hydroxylation is 1. The lowest BCUT2D eigenvalue weighted by Crippen LogP contribution is -2.19. The molecular formula is C25H21N. The number of hydrogen-bond donors (Lipinski definition) is 1. The van der Waals surface area contributed by atoms with E-state index in [0.29, 0.717) is 0 Å². The molecule has 2 aliphatic carbocycles. The van der Waals surface area contributed by atoms with Gasteiger partial charge in [0.05, 0.1) is 0 Å². The van der Waals surface area contributed by atoms with E-state index in [1.165, 1.54) is 56.1 Å². The quantitative estimate of drug-likeness (QED) is 0.385. The number of aromatic amines is 1. The number of aromatic nitrogens is 1. The Bertz CT molecular complexity index is 1250. The molecule has 0 bridgehead atoms. The minimum absolute atomic E-state index is 0.101. The summed E-state index contributed by atoms with van der Waals surface area (Å²) in [7, 11) is 0. The molecule has 0 spiro atoms. The number of hydrogen-bond acceptors (Lipinski definition) is 0. The second-order valence-electron chi connectivity index (χ2n) is 8.25. The standard InChI is InChI=1S/C25H21N/c1-25(2)20-12-11-15-7-3-4-8-16(15)24(20)19-13-18-17-9-5-6-10-22(17)26-23(18)14-21(19)25/h3-10,13-14,26H,11-12H2,1-2H3. The summed E-state index contributed by atoms with van der Waals surface area (Å²) < 4.78 is 0. The number of para-hydroxylation sites is 1. The van der Waals surface area contributed by atoms with Crippen LogP contribution in [-0.2, 0) is 11.8 Å². The van der Waals surface area contributed by atoms with Gasteiger partial charge in [0.1, 0.15) is 0 Å². The van der Waals surface area contributed by atoms with Crippen molar-refractivity contribution in [3.8, 4) is 0 Å². The molecule has 1 heterocycles. The normalized spacial score (nSPS) is 17.5. The van der Waals surface area contributed by atoms with Crippen LogP contribution in [0.4, 0.5) is 0 Å². The Balaban J connectivity index is 1.73. The summed E-state index contributed by atoms with van der Waals surface area (Å²) >= 11 is 0. The van der Waals surface area contributed by atoms with Crippen LogP contribution in [-0.4, -0.2) is 4.98 Å². The molecule has 4 aromatic rings. The Kier molecular flexibility index (Phi) is 2.59. The molecule has 6 rings (SSSR count). The minimum atomic E-state index is 0.101. The zero-order valence-electron chi connectivity index (χ0n) is 15.2. The van der Waals surface area contributed by atoms with Crippen molar-refractivity contribution in [1.82, 2.24) is 4.98 Å². The SMILES string of the molecule is CC1(C)C2=C(c3ccccc3CC2)c2cc3c(cc21)[nH]c1ccccc13. The average Bonchev–Trinajstić information content (AvgIpc) is 3.13. The predicted molar refractivity (Wildman–Crippen MR) is 110 cm³/mol. The van der Waals surface area contributed by atoms with Crippen molar-refractivity contribution in [2.75, 3.05) is 0 Å². The topological polar surface area (TPSA) is 15.8 Å². The zero-order valence-corrected chi connectivity index (χ0v) is 15.2. The maximum atomic E-state index is 3.63. The molecule has 26 heavy (non-hydrogen) atoms. The molecule has 1 heteroatoms. The van der Waals surface area contributed by atoms with Gasteiger partial charge in [0.2, 0.25) is 0 Å².